The van der Waals surface area contributed by atoms with Crippen LogP contribution in [0.15, 0.2) is 18.2 Å². The summed E-state index contributed by atoms with van der Waals surface area (Å²) in [7, 11) is 1.36. The summed E-state index contributed by atoms with van der Waals surface area (Å²) >= 11 is 0. The third-order valence-electron chi connectivity index (χ3n) is 3.50. The number of hydrogen-bond donors (Lipinski definition) is 2. The highest BCUT2D eigenvalue weighted by atomic mass is 19.3. The van der Waals surface area contributed by atoms with Crippen molar-refractivity contribution >= 4 is 11.6 Å². The van der Waals surface area contributed by atoms with Gasteiger partial charge in [0.05, 0.1) is 13.0 Å². The molecule has 1 aliphatic heterocycles. The highest BCUT2D eigenvalue weighted by Gasteiger charge is 2.29. The van der Waals surface area contributed by atoms with Gasteiger partial charge in [-0.1, -0.05) is 6.92 Å². The molecule has 2 N–H and O–H groups in total. The molecule has 1 aromatic rings. The largest absolute Gasteiger partial charge is 0.493 e. The summed E-state index contributed by atoms with van der Waals surface area (Å²) in [5.41, 5.74) is 0.399. The first-order valence-corrected chi connectivity index (χ1v) is 6.65. The molecule has 0 aromatic heterocycles. The average molecular weight is 300 g/mol. The SMILES string of the molecule is COc1ccc(NC(=O)C2CNCC2C)cc1OC(F)F. The van der Waals surface area contributed by atoms with Crippen molar-refractivity contribution < 1.29 is 23.0 Å². The standard InChI is InChI=1S/C14H18F2N2O3/c1-8-6-17-7-10(8)13(19)18-9-3-4-11(20-2)12(5-9)21-14(15)16/h3-5,8,10,14,17H,6-7H2,1-2H3,(H,18,19). The van der Waals surface area contributed by atoms with Crippen LogP contribution in [-0.4, -0.2) is 32.7 Å². The Morgan fingerprint density at radius 2 is 2.14 bits per heavy atom. The van der Waals surface area contributed by atoms with Crippen LogP contribution in [0.3, 0.4) is 0 Å². The number of methoxy groups -OCH3 is 1. The minimum atomic E-state index is -2.95. The Balaban J connectivity index is 2.11. The number of rotatable bonds is 5. The van der Waals surface area contributed by atoms with Crippen LogP contribution in [0.1, 0.15) is 6.92 Å². The van der Waals surface area contributed by atoms with Gasteiger partial charge in [0.25, 0.3) is 0 Å². The first kappa shape index (κ1) is 15.5. The Labute approximate surface area is 121 Å². The van der Waals surface area contributed by atoms with Crippen LogP contribution in [0.25, 0.3) is 0 Å². The minimum absolute atomic E-state index is 0.108. The van der Waals surface area contributed by atoms with Crippen LogP contribution in [0, 0.1) is 11.8 Å². The molecule has 5 nitrogen and oxygen atoms in total. The molecule has 0 bridgehead atoms. The number of hydrogen-bond acceptors (Lipinski definition) is 4. The van der Waals surface area contributed by atoms with E-state index in [1.807, 2.05) is 6.92 Å². The highest BCUT2D eigenvalue weighted by Crippen LogP contribution is 2.32. The van der Waals surface area contributed by atoms with Gasteiger partial charge in [0, 0.05) is 18.3 Å². The van der Waals surface area contributed by atoms with E-state index in [0.717, 1.165) is 6.54 Å². The number of carbonyl (C=O) groups excluding carboxylic acids is 1. The molecule has 21 heavy (non-hydrogen) atoms. The maximum Gasteiger partial charge on any atom is 0.387 e. The normalized spacial score (nSPS) is 21.4. The summed E-state index contributed by atoms with van der Waals surface area (Å²) in [6.45, 7) is 0.442. The number of alkyl halides is 2. The van der Waals surface area contributed by atoms with Crippen molar-refractivity contribution in [2.75, 3.05) is 25.5 Å². The predicted octanol–water partition coefficient (Wildman–Crippen LogP) is 2.09. The molecule has 7 heteroatoms. The summed E-state index contributed by atoms with van der Waals surface area (Å²) in [6, 6.07) is 4.39. The fourth-order valence-corrected chi connectivity index (χ4v) is 2.34. The van der Waals surface area contributed by atoms with E-state index in [1.54, 1.807) is 6.07 Å². The van der Waals surface area contributed by atoms with E-state index in [1.165, 1.54) is 19.2 Å². The molecule has 116 valence electrons. The highest BCUT2D eigenvalue weighted by molar-refractivity contribution is 5.93. The van der Waals surface area contributed by atoms with Gasteiger partial charge < -0.3 is 20.1 Å². The predicted molar refractivity (Wildman–Crippen MR) is 73.8 cm³/mol. The Morgan fingerprint density at radius 1 is 1.38 bits per heavy atom. The number of amides is 1. The molecular weight excluding hydrogens is 282 g/mol. The second-order valence-corrected chi connectivity index (χ2v) is 4.98. The summed E-state index contributed by atoms with van der Waals surface area (Å²) < 4.78 is 34.0. The molecule has 0 saturated carbocycles. The maximum absolute atomic E-state index is 12.4. The molecule has 1 amide bonds. The van der Waals surface area contributed by atoms with Crippen LogP contribution in [0.2, 0.25) is 0 Å². The van der Waals surface area contributed by atoms with E-state index in [-0.39, 0.29) is 29.2 Å². The molecule has 1 aliphatic rings. The fraction of sp³-hybridized carbons (Fsp3) is 0.500. The van der Waals surface area contributed by atoms with E-state index >= 15 is 0 Å². The fourth-order valence-electron chi connectivity index (χ4n) is 2.34. The number of anilines is 1. The van der Waals surface area contributed by atoms with Gasteiger partial charge in [0.1, 0.15) is 0 Å². The molecular formula is C14H18F2N2O3. The quantitative estimate of drug-likeness (QED) is 0.874. The number of ether oxygens (including phenoxy) is 2. The first-order chi connectivity index (χ1) is 10.0. The maximum atomic E-state index is 12.4. The third kappa shape index (κ3) is 3.81. The summed E-state index contributed by atoms with van der Waals surface area (Å²) in [5, 5.41) is 5.86. The van der Waals surface area contributed by atoms with Crippen LogP contribution in [0.4, 0.5) is 14.5 Å². The van der Waals surface area contributed by atoms with Crippen LogP contribution < -0.4 is 20.1 Å². The zero-order valence-corrected chi connectivity index (χ0v) is 11.9. The van der Waals surface area contributed by atoms with E-state index in [2.05, 4.69) is 15.4 Å². The van der Waals surface area contributed by atoms with E-state index < -0.39 is 6.61 Å². The van der Waals surface area contributed by atoms with Crippen molar-refractivity contribution in [2.45, 2.75) is 13.5 Å². The van der Waals surface area contributed by atoms with Crippen molar-refractivity contribution in [3.63, 3.8) is 0 Å². The Bertz CT molecular complexity index is 511. The van der Waals surface area contributed by atoms with Crippen molar-refractivity contribution in [3.8, 4) is 11.5 Å². The molecule has 0 aliphatic carbocycles. The van der Waals surface area contributed by atoms with Crippen molar-refractivity contribution in [3.05, 3.63) is 18.2 Å². The number of benzene rings is 1. The zero-order valence-electron chi connectivity index (χ0n) is 11.9. The smallest absolute Gasteiger partial charge is 0.387 e. The minimum Gasteiger partial charge on any atom is -0.493 e. The summed E-state index contributed by atoms with van der Waals surface area (Å²) in [5.74, 6) is 0.0411. The van der Waals surface area contributed by atoms with Crippen LogP contribution in [0.5, 0.6) is 11.5 Å². The lowest BCUT2D eigenvalue weighted by Gasteiger charge is -2.16. The Kier molecular flexibility index (Phi) is 4.95. The number of carbonyl (C=O) groups is 1. The second kappa shape index (κ2) is 6.71. The molecule has 1 heterocycles. The van der Waals surface area contributed by atoms with Crippen molar-refractivity contribution in [1.29, 1.82) is 0 Å². The van der Waals surface area contributed by atoms with E-state index in [0.29, 0.717) is 12.2 Å². The molecule has 1 saturated heterocycles. The van der Waals surface area contributed by atoms with E-state index in [9.17, 15) is 13.6 Å². The molecule has 1 fully saturated rings. The first-order valence-electron chi connectivity index (χ1n) is 6.65. The van der Waals surface area contributed by atoms with Crippen LogP contribution >= 0.6 is 0 Å². The molecule has 0 radical (unpaired) electrons. The molecule has 1 aromatic carbocycles. The lowest BCUT2D eigenvalue weighted by molar-refractivity contribution is -0.120. The topological polar surface area (TPSA) is 59.6 Å². The Hall–Kier alpha value is -1.89. The van der Waals surface area contributed by atoms with Gasteiger partial charge in [-0.15, -0.1) is 0 Å². The van der Waals surface area contributed by atoms with Gasteiger partial charge in [-0.05, 0) is 24.6 Å². The summed E-state index contributed by atoms with van der Waals surface area (Å²) in [6.07, 6.45) is 0. The van der Waals surface area contributed by atoms with Gasteiger partial charge in [-0.25, -0.2) is 0 Å². The van der Waals surface area contributed by atoms with Gasteiger partial charge in [-0.2, -0.15) is 8.78 Å². The molecule has 2 rings (SSSR count). The number of halogens is 2. The lowest BCUT2D eigenvalue weighted by Crippen LogP contribution is -2.27. The van der Waals surface area contributed by atoms with Gasteiger partial charge in [0.2, 0.25) is 5.91 Å². The van der Waals surface area contributed by atoms with E-state index in [4.69, 9.17) is 4.74 Å². The van der Waals surface area contributed by atoms with Crippen LogP contribution in [-0.2, 0) is 4.79 Å². The average Bonchev–Trinajstić information content (AvgIpc) is 2.85. The molecule has 2 unspecified atom stereocenters. The summed E-state index contributed by atoms with van der Waals surface area (Å²) in [4.78, 5) is 12.1. The monoisotopic (exact) mass is 300 g/mol. The van der Waals surface area contributed by atoms with Gasteiger partial charge in [0.15, 0.2) is 11.5 Å². The molecule has 0 spiro atoms. The lowest BCUT2D eigenvalue weighted by atomic mass is 9.97. The van der Waals surface area contributed by atoms with Gasteiger partial charge >= 0.3 is 6.61 Å². The molecule has 2 atom stereocenters. The second-order valence-electron chi connectivity index (χ2n) is 4.98. The Morgan fingerprint density at radius 3 is 2.71 bits per heavy atom. The third-order valence-corrected chi connectivity index (χ3v) is 3.50. The van der Waals surface area contributed by atoms with Gasteiger partial charge in [-0.3, -0.25) is 4.79 Å². The van der Waals surface area contributed by atoms with Crippen molar-refractivity contribution in [2.24, 2.45) is 11.8 Å². The zero-order chi connectivity index (χ0) is 15.4. The number of nitrogens with one attached hydrogen (secondary N) is 2. The van der Waals surface area contributed by atoms with Crippen molar-refractivity contribution in [1.82, 2.24) is 5.32 Å².